The molecule has 0 aliphatic heterocycles. The summed E-state index contributed by atoms with van der Waals surface area (Å²) in [6.45, 7) is 3.79. The van der Waals surface area contributed by atoms with E-state index in [9.17, 15) is 8.78 Å². The lowest BCUT2D eigenvalue weighted by Gasteiger charge is -2.10. The fourth-order valence-corrected chi connectivity index (χ4v) is 2.97. The van der Waals surface area contributed by atoms with Crippen LogP contribution in [-0.4, -0.2) is 19.9 Å². The zero-order chi connectivity index (χ0) is 20.4. The summed E-state index contributed by atoms with van der Waals surface area (Å²) >= 11 is 0. The molecule has 0 saturated heterocycles. The highest BCUT2D eigenvalue weighted by atomic mass is 19.1. The number of aromatic amines is 1. The van der Waals surface area contributed by atoms with Gasteiger partial charge in [0.2, 0.25) is 5.95 Å². The van der Waals surface area contributed by atoms with Gasteiger partial charge in [0.1, 0.15) is 29.7 Å². The number of H-pyrrole nitrogens is 1. The Morgan fingerprint density at radius 3 is 2.52 bits per heavy atom. The van der Waals surface area contributed by atoms with Crippen LogP contribution in [0.5, 0.6) is 5.75 Å². The molecule has 0 atom stereocenters. The van der Waals surface area contributed by atoms with Gasteiger partial charge in [0.25, 0.3) is 0 Å². The Morgan fingerprint density at radius 1 is 0.931 bits per heavy atom. The van der Waals surface area contributed by atoms with Crippen molar-refractivity contribution in [2.24, 2.45) is 0 Å². The second-order valence-electron chi connectivity index (χ2n) is 6.72. The van der Waals surface area contributed by atoms with Crippen LogP contribution in [-0.2, 0) is 6.61 Å². The number of halogens is 2. The second-order valence-corrected chi connectivity index (χ2v) is 6.72. The van der Waals surface area contributed by atoms with Crippen molar-refractivity contribution in [1.82, 2.24) is 19.9 Å². The lowest BCUT2D eigenvalue weighted by molar-refractivity contribution is 0.294. The van der Waals surface area contributed by atoms with Crippen molar-refractivity contribution in [3.8, 4) is 28.4 Å². The molecule has 0 spiro atoms. The largest absolute Gasteiger partial charge is 0.487 e. The van der Waals surface area contributed by atoms with Gasteiger partial charge in [-0.2, -0.15) is 4.39 Å². The highest BCUT2D eigenvalue weighted by molar-refractivity contribution is 5.67. The molecule has 3 aromatic heterocycles. The summed E-state index contributed by atoms with van der Waals surface area (Å²) in [5.41, 5.74) is 4.46. The van der Waals surface area contributed by atoms with Crippen molar-refractivity contribution in [1.29, 1.82) is 0 Å². The van der Waals surface area contributed by atoms with Gasteiger partial charge in [-0.15, -0.1) is 0 Å². The minimum Gasteiger partial charge on any atom is -0.487 e. The number of hydrogen-bond acceptors (Lipinski definition) is 4. The summed E-state index contributed by atoms with van der Waals surface area (Å²) < 4.78 is 32.6. The Kier molecular flexibility index (Phi) is 5.03. The Labute approximate surface area is 166 Å². The molecule has 0 amide bonds. The fourth-order valence-electron chi connectivity index (χ4n) is 2.97. The van der Waals surface area contributed by atoms with Crippen molar-refractivity contribution in [3.05, 3.63) is 83.6 Å². The molecule has 4 aromatic rings. The standard InChI is InChI=1S/C22H18F2N4O/c1-13-7-18(23)20(25-9-13)12-29-16-4-5-17(14(2)8-16)19-11-27-22(28-19)15-3-6-21(24)26-10-15/h3-11H,12H2,1-2H3,(H,27,28). The van der Waals surface area contributed by atoms with Gasteiger partial charge in [-0.3, -0.25) is 4.98 Å². The molecule has 5 nitrogen and oxygen atoms in total. The molecule has 146 valence electrons. The van der Waals surface area contributed by atoms with E-state index in [1.54, 1.807) is 25.4 Å². The molecule has 0 fully saturated rings. The monoisotopic (exact) mass is 392 g/mol. The molecule has 0 aliphatic rings. The van der Waals surface area contributed by atoms with Crippen molar-refractivity contribution >= 4 is 0 Å². The zero-order valence-corrected chi connectivity index (χ0v) is 15.9. The summed E-state index contributed by atoms with van der Waals surface area (Å²) in [5.74, 6) is 0.315. The molecule has 4 rings (SSSR count). The molecule has 1 aromatic carbocycles. The summed E-state index contributed by atoms with van der Waals surface area (Å²) in [7, 11) is 0. The third-order valence-electron chi connectivity index (χ3n) is 4.49. The van der Waals surface area contributed by atoms with E-state index >= 15 is 0 Å². The number of nitrogens with one attached hydrogen (secondary N) is 1. The van der Waals surface area contributed by atoms with Crippen LogP contribution >= 0.6 is 0 Å². The van der Waals surface area contributed by atoms with Crippen LogP contribution < -0.4 is 4.74 Å². The Hall–Kier alpha value is -3.61. The van der Waals surface area contributed by atoms with Gasteiger partial charge in [-0.25, -0.2) is 14.4 Å². The number of aryl methyl sites for hydroxylation is 2. The maximum absolute atomic E-state index is 13.9. The topological polar surface area (TPSA) is 63.7 Å². The van der Waals surface area contributed by atoms with Crippen molar-refractivity contribution in [3.63, 3.8) is 0 Å². The minimum absolute atomic E-state index is 0.0523. The number of imidazole rings is 1. The Morgan fingerprint density at radius 2 is 1.79 bits per heavy atom. The molecule has 0 saturated carbocycles. The number of ether oxygens (including phenoxy) is 1. The third kappa shape index (κ3) is 4.13. The van der Waals surface area contributed by atoms with Crippen LogP contribution in [0.2, 0.25) is 0 Å². The van der Waals surface area contributed by atoms with Crippen molar-refractivity contribution < 1.29 is 13.5 Å². The number of hydrogen-bond donors (Lipinski definition) is 1. The lowest BCUT2D eigenvalue weighted by atomic mass is 10.1. The van der Waals surface area contributed by atoms with Gasteiger partial charge in [0.15, 0.2) is 0 Å². The van der Waals surface area contributed by atoms with Gasteiger partial charge in [0.05, 0.1) is 11.9 Å². The molecule has 7 heteroatoms. The molecule has 29 heavy (non-hydrogen) atoms. The minimum atomic E-state index is -0.535. The maximum Gasteiger partial charge on any atom is 0.212 e. The van der Waals surface area contributed by atoms with E-state index in [0.29, 0.717) is 17.1 Å². The first-order chi connectivity index (χ1) is 14.0. The van der Waals surface area contributed by atoms with E-state index in [2.05, 4.69) is 19.9 Å². The summed E-state index contributed by atoms with van der Waals surface area (Å²) in [5, 5.41) is 0. The number of aromatic nitrogens is 4. The number of nitrogens with zero attached hydrogens (tertiary/aromatic N) is 3. The first kappa shape index (κ1) is 18.7. The predicted octanol–water partition coefficient (Wildman–Crippen LogP) is 5.01. The fraction of sp³-hybridized carbons (Fsp3) is 0.136. The third-order valence-corrected chi connectivity index (χ3v) is 4.49. The average Bonchev–Trinajstić information content (AvgIpc) is 3.18. The molecule has 3 heterocycles. The van der Waals surface area contributed by atoms with E-state index in [1.165, 1.54) is 18.3 Å². The smallest absolute Gasteiger partial charge is 0.212 e. The van der Waals surface area contributed by atoms with E-state index in [4.69, 9.17) is 4.74 Å². The van der Waals surface area contributed by atoms with Gasteiger partial charge < -0.3 is 9.72 Å². The SMILES string of the molecule is Cc1cnc(COc2ccc(-c3cnc(-c4ccc(F)nc4)[nH]3)c(C)c2)c(F)c1. The van der Waals surface area contributed by atoms with Crippen LogP contribution in [0, 0.1) is 25.6 Å². The van der Waals surface area contributed by atoms with Crippen LogP contribution in [0.1, 0.15) is 16.8 Å². The average molecular weight is 392 g/mol. The molecule has 0 unspecified atom stereocenters. The first-order valence-corrected chi connectivity index (χ1v) is 9.01. The molecule has 0 radical (unpaired) electrons. The lowest BCUT2D eigenvalue weighted by Crippen LogP contribution is -2.02. The Bertz CT molecular complexity index is 1160. The molecule has 0 aliphatic carbocycles. The maximum atomic E-state index is 13.9. The summed E-state index contributed by atoms with van der Waals surface area (Å²) in [4.78, 5) is 15.3. The van der Waals surface area contributed by atoms with Crippen LogP contribution in [0.25, 0.3) is 22.6 Å². The van der Waals surface area contributed by atoms with Gasteiger partial charge in [-0.1, -0.05) is 0 Å². The van der Waals surface area contributed by atoms with E-state index in [0.717, 1.165) is 22.4 Å². The molecular formula is C22H18F2N4O. The predicted molar refractivity (Wildman–Crippen MR) is 105 cm³/mol. The van der Waals surface area contributed by atoms with Gasteiger partial charge >= 0.3 is 0 Å². The summed E-state index contributed by atoms with van der Waals surface area (Å²) in [6, 6.07) is 9.94. The normalized spacial score (nSPS) is 10.9. The quantitative estimate of drug-likeness (QED) is 0.485. The number of pyridine rings is 2. The van der Waals surface area contributed by atoms with Gasteiger partial charge in [-0.05, 0) is 61.4 Å². The van der Waals surface area contributed by atoms with Crippen LogP contribution in [0.15, 0.2) is 55.0 Å². The highest BCUT2D eigenvalue weighted by Gasteiger charge is 2.10. The number of benzene rings is 1. The Balaban J connectivity index is 1.51. The highest BCUT2D eigenvalue weighted by Crippen LogP contribution is 2.28. The van der Waals surface area contributed by atoms with E-state index in [1.807, 2.05) is 25.1 Å². The molecule has 1 N–H and O–H groups in total. The molecular weight excluding hydrogens is 374 g/mol. The molecule has 0 bridgehead atoms. The van der Waals surface area contributed by atoms with E-state index < -0.39 is 5.95 Å². The summed E-state index contributed by atoms with van der Waals surface area (Å²) in [6.07, 6.45) is 4.76. The first-order valence-electron chi connectivity index (χ1n) is 9.01. The van der Waals surface area contributed by atoms with Crippen LogP contribution in [0.3, 0.4) is 0 Å². The van der Waals surface area contributed by atoms with E-state index in [-0.39, 0.29) is 18.1 Å². The van der Waals surface area contributed by atoms with Crippen molar-refractivity contribution in [2.45, 2.75) is 20.5 Å². The zero-order valence-electron chi connectivity index (χ0n) is 15.9. The number of rotatable bonds is 5. The van der Waals surface area contributed by atoms with Gasteiger partial charge in [0, 0.05) is 23.5 Å². The van der Waals surface area contributed by atoms with Crippen LogP contribution in [0.4, 0.5) is 8.78 Å². The second kappa shape index (κ2) is 7.79. The van der Waals surface area contributed by atoms with Crippen molar-refractivity contribution in [2.75, 3.05) is 0 Å².